The van der Waals surface area contributed by atoms with Crippen molar-refractivity contribution >= 4 is 16.7 Å². The van der Waals surface area contributed by atoms with Crippen LogP contribution in [-0.4, -0.2) is 35.9 Å². The summed E-state index contributed by atoms with van der Waals surface area (Å²) in [6, 6.07) is 20.5. The van der Waals surface area contributed by atoms with E-state index in [1.807, 2.05) is 55.7 Å². The number of fused-ring (bicyclic) bond motifs is 1. The maximum Gasteiger partial charge on any atom is 0.251 e. The molecular formula is C27H30N4O. The Hall–Kier alpha value is -3.41. The molecule has 0 aliphatic rings. The van der Waals surface area contributed by atoms with Gasteiger partial charge < -0.3 is 20.9 Å². The summed E-state index contributed by atoms with van der Waals surface area (Å²) in [7, 11) is 2.07. The number of carbonyl (C=O) groups excluding carboxylic acids is 1. The van der Waals surface area contributed by atoms with Gasteiger partial charge in [-0.05, 0) is 53.9 Å². The molecule has 3 aromatic carbocycles. The molecule has 5 nitrogen and oxygen atoms in total. The maximum atomic E-state index is 13.1. The Morgan fingerprint density at radius 3 is 2.53 bits per heavy atom. The predicted octanol–water partition coefficient (Wildman–Crippen LogP) is 4.46. The number of nitrogens with two attached hydrogens (primary N) is 1. The highest BCUT2D eigenvalue weighted by Crippen LogP contribution is 2.33. The Labute approximate surface area is 189 Å². The Morgan fingerprint density at radius 2 is 1.75 bits per heavy atom. The molecule has 1 amide bonds. The molecule has 5 heteroatoms. The highest BCUT2D eigenvalue weighted by Gasteiger charge is 2.17. The second kappa shape index (κ2) is 9.81. The Kier molecular flexibility index (Phi) is 6.69. The van der Waals surface area contributed by atoms with Crippen LogP contribution in [0.2, 0.25) is 0 Å². The number of hydrogen-bond acceptors (Lipinski definition) is 3. The summed E-state index contributed by atoms with van der Waals surface area (Å²) in [5.41, 5.74) is 11.8. The number of aromatic amines is 1. The largest absolute Gasteiger partial charge is 0.366 e. The molecule has 1 aromatic heterocycles. The lowest BCUT2D eigenvalue weighted by Crippen LogP contribution is -2.24. The molecule has 0 unspecified atom stereocenters. The van der Waals surface area contributed by atoms with Crippen molar-refractivity contribution in [2.45, 2.75) is 20.0 Å². The monoisotopic (exact) mass is 426 g/mol. The summed E-state index contributed by atoms with van der Waals surface area (Å²) in [6.45, 7) is 4.83. The van der Waals surface area contributed by atoms with E-state index in [2.05, 4.69) is 46.5 Å². The van der Waals surface area contributed by atoms with Crippen LogP contribution in [0.3, 0.4) is 0 Å². The third-order valence-electron chi connectivity index (χ3n) is 5.87. The van der Waals surface area contributed by atoms with Crippen LogP contribution < -0.4 is 11.1 Å². The number of likely N-dealkylation sites (N-methyl/N-ethyl adjacent to an activating group) is 1. The molecule has 0 atom stereocenters. The van der Waals surface area contributed by atoms with Gasteiger partial charge in [-0.1, -0.05) is 48.5 Å². The van der Waals surface area contributed by atoms with Gasteiger partial charge in [-0.25, -0.2) is 0 Å². The minimum Gasteiger partial charge on any atom is -0.366 e. The first-order valence-corrected chi connectivity index (χ1v) is 11.0. The first-order valence-electron chi connectivity index (χ1n) is 11.0. The van der Waals surface area contributed by atoms with E-state index in [4.69, 9.17) is 5.73 Å². The fraction of sp³-hybridized carbons (Fsp3) is 0.222. The van der Waals surface area contributed by atoms with E-state index in [-0.39, 0.29) is 5.91 Å². The summed E-state index contributed by atoms with van der Waals surface area (Å²) >= 11 is 0. The fourth-order valence-electron chi connectivity index (χ4n) is 4.17. The fourth-order valence-corrected chi connectivity index (χ4v) is 4.17. The minimum absolute atomic E-state index is 0.0606. The lowest BCUT2D eigenvalue weighted by molar-refractivity contribution is 0.0950. The smallest absolute Gasteiger partial charge is 0.251 e. The number of nitrogens with one attached hydrogen (secondary N) is 2. The molecule has 0 fully saturated rings. The quantitative estimate of drug-likeness (QED) is 0.389. The molecule has 0 saturated heterocycles. The highest BCUT2D eigenvalue weighted by atomic mass is 16.1. The first-order chi connectivity index (χ1) is 15.6. The second-order valence-electron chi connectivity index (χ2n) is 8.27. The van der Waals surface area contributed by atoms with Crippen molar-refractivity contribution in [3.05, 3.63) is 95.3 Å². The van der Waals surface area contributed by atoms with E-state index >= 15 is 0 Å². The number of aromatic nitrogens is 1. The molecule has 0 aliphatic heterocycles. The average molecular weight is 427 g/mol. The molecule has 0 spiro atoms. The van der Waals surface area contributed by atoms with Crippen LogP contribution in [0.5, 0.6) is 0 Å². The van der Waals surface area contributed by atoms with Gasteiger partial charge in [0, 0.05) is 54.9 Å². The van der Waals surface area contributed by atoms with Gasteiger partial charge in [0.2, 0.25) is 0 Å². The number of aryl methyl sites for hydroxylation is 1. The van der Waals surface area contributed by atoms with Gasteiger partial charge in [0.25, 0.3) is 5.91 Å². The van der Waals surface area contributed by atoms with Crippen molar-refractivity contribution < 1.29 is 4.79 Å². The van der Waals surface area contributed by atoms with E-state index in [0.717, 1.165) is 46.1 Å². The predicted molar refractivity (Wildman–Crippen MR) is 131 cm³/mol. The lowest BCUT2D eigenvalue weighted by atomic mass is 9.93. The van der Waals surface area contributed by atoms with Crippen LogP contribution in [0.4, 0.5) is 0 Å². The number of amides is 1. The minimum atomic E-state index is -0.0606. The zero-order valence-corrected chi connectivity index (χ0v) is 18.7. The Morgan fingerprint density at radius 1 is 1.00 bits per heavy atom. The normalized spacial score (nSPS) is 11.2. The molecule has 164 valence electrons. The third kappa shape index (κ3) is 4.74. The highest BCUT2D eigenvalue weighted by molar-refractivity contribution is 6.07. The Bertz CT molecular complexity index is 1210. The van der Waals surface area contributed by atoms with E-state index < -0.39 is 0 Å². The van der Waals surface area contributed by atoms with E-state index in [1.54, 1.807) is 0 Å². The second-order valence-corrected chi connectivity index (χ2v) is 8.27. The van der Waals surface area contributed by atoms with Crippen molar-refractivity contribution in [1.29, 1.82) is 0 Å². The number of hydrogen-bond donors (Lipinski definition) is 3. The number of carbonyl (C=O) groups is 1. The maximum absolute atomic E-state index is 13.1. The average Bonchev–Trinajstić information content (AvgIpc) is 3.29. The topological polar surface area (TPSA) is 74.2 Å². The third-order valence-corrected chi connectivity index (χ3v) is 5.87. The van der Waals surface area contributed by atoms with Crippen LogP contribution in [0, 0.1) is 6.92 Å². The molecule has 4 N–H and O–H groups in total. The molecule has 1 heterocycles. The standard InChI is InChI=1S/C27H30N4O/c1-19-23(27(32)30-15-20-7-4-3-5-8-20)14-24(26-17-29-16-25(19)26)22-10-6-9-21(13-22)18-31(2)12-11-28/h3-10,13-14,16-17,29H,11-12,15,18,28H2,1-2H3,(H,30,32). The van der Waals surface area contributed by atoms with Crippen LogP contribution >= 0.6 is 0 Å². The van der Waals surface area contributed by atoms with Crippen LogP contribution in [0.25, 0.3) is 21.9 Å². The Balaban J connectivity index is 1.67. The number of rotatable bonds is 8. The summed E-state index contributed by atoms with van der Waals surface area (Å²) < 4.78 is 0. The van der Waals surface area contributed by atoms with Gasteiger partial charge in [0.05, 0.1) is 0 Å². The zero-order chi connectivity index (χ0) is 22.5. The van der Waals surface area contributed by atoms with E-state index in [1.165, 1.54) is 5.56 Å². The molecular weight excluding hydrogens is 396 g/mol. The number of nitrogens with zero attached hydrogens (tertiary/aromatic N) is 1. The van der Waals surface area contributed by atoms with E-state index in [0.29, 0.717) is 18.7 Å². The van der Waals surface area contributed by atoms with Gasteiger partial charge >= 0.3 is 0 Å². The van der Waals surface area contributed by atoms with Crippen molar-refractivity contribution in [3.63, 3.8) is 0 Å². The van der Waals surface area contributed by atoms with Gasteiger partial charge in [-0.2, -0.15) is 0 Å². The summed E-state index contributed by atoms with van der Waals surface area (Å²) in [5, 5.41) is 5.26. The molecule has 0 aliphatic carbocycles. The van der Waals surface area contributed by atoms with Crippen molar-refractivity contribution in [3.8, 4) is 11.1 Å². The summed E-state index contributed by atoms with van der Waals surface area (Å²) in [6.07, 6.45) is 3.98. The van der Waals surface area contributed by atoms with Crippen molar-refractivity contribution in [2.24, 2.45) is 5.73 Å². The first kappa shape index (κ1) is 21.8. The van der Waals surface area contributed by atoms with Crippen LogP contribution in [0.1, 0.15) is 27.0 Å². The zero-order valence-electron chi connectivity index (χ0n) is 18.7. The number of benzene rings is 3. The van der Waals surface area contributed by atoms with Gasteiger partial charge in [-0.3, -0.25) is 4.79 Å². The van der Waals surface area contributed by atoms with E-state index in [9.17, 15) is 4.79 Å². The lowest BCUT2D eigenvalue weighted by Gasteiger charge is -2.17. The molecule has 0 saturated carbocycles. The van der Waals surface area contributed by atoms with Crippen molar-refractivity contribution in [2.75, 3.05) is 20.1 Å². The molecule has 0 radical (unpaired) electrons. The molecule has 4 rings (SSSR count). The summed E-state index contributed by atoms with van der Waals surface area (Å²) in [5.74, 6) is -0.0606. The van der Waals surface area contributed by atoms with Gasteiger partial charge in [0.1, 0.15) is 0 Å². The molecule has 4 aromatic rings. The summed E-state index contributed by atoms with van der Waals surface area (Å²) in [4.78, 5) is 18.6. The molecule has 0 bridgehead atoms. The number of H-pyrrole nitrogens is 1. The molecule has 32 heavy (non-hydrogen) atoms. The SMILES string of the molecule is Cc1c(C(=O)NCc2ccccc2)cc(-c2cccc(CN(C)CCN)c2)c2c[nH]cc12. The van der Waals surface area contributed by atoms with Gasteiger partial charge in [0.15, 0.2) is 0 Å². The van der Waals surface area contributed by atoms with Gasteiger partial charge in [-0.15, -0.1) is 0 Å². The van der Waals surface area contributed by atoms with Crippen molar-refractivity contribution in [1.82, 2.24) is 15.2 Å². The van der Waals surface area contributed by atoms with Crippen LogP contribution in [-0.2, 0) is 13.1 Å². The van der Waals surface area contributed by atoms with Crippen LogP contribution in [0.15, 0.2) is 73.1 Å².